The first-order valence-corrected chi connectivity index (χ1v) is 12.5. The van der Waals surface area contributed by atoms with Crippen LogP contribution in [0.5, 0.6) is 0 Å². The summed E-state index contributed by atoms with van der Waals surface area (Å²) in [5, 5.41) is 16.3. The van der Waals surface area contributed by atoms with Gasteiger partial charge in [-0.25, -0.2) is 10.5 Å². The molecule has 3 aliphatic rings. The van der Waals surface area contributed by atoms with Crippen LogP contribution in [0.25, 0.3) is 5.69 Å². The van der Waals surface area contributed by atoms with Gasteiger partial charge in [-0.05, 0) is 64.2 Å². The number of hydrogen-bond donors (Lipinski definition) is 2. The van der Waals surface area contributed by atoms with Gasteiger partial charge in [-0.3, -0.25) is 14.7 Å². The minimum absolute atomic E-state index is 0.0576. The third-order valence-corrected chi connectivity index (χ3v) is 7.65. The molecular weight excluding hydrogens is 472 g/mol. The second-order valence-corrected chi connectivity index (χ2v) is 9.75. The Bertz CT molecular complexity index is 1300. The van der Waals surface area contributed by atoms with Crippen LogP contribution < -0.4 is 16.7 Å². The Morgan fingerprint density at radius 3 is 2.95 bits per heavy atom. The first kappa shape index (κ1) is 23.5. The summed E-state index contributed by atoms with van der Waals surface area (Å²) in [5.74, 6) is 11.3. The Kier molecular flexibility index (Phi) is 6.28. The molecule has 3 aromatic rings. The Balaban J connectivity index is 1.09. The van der Waals surface area contributed by atoms with E-state index in [0.29, 0.717) is 13.2 Å². The van der Waals surface area contributed by atoms with Crippen LogP contribution in [0.1, 0.15) is 35.1 Å². The maximum Gasteiger partial charge on any atom is 0.230 e. The molecular formula is C25H30N10O2. The molecule has 192 valence electrons. The summed E-state index contributed by atoms with van der Waals surface area (Å²) in [7, 11) is 0. The van der Waals surface area contributed by atoms with E-state index in [1.807, 2.05) is 35.2 Å². The molecule has 0 bridgehead atoms. The fourth-order valence-corrected chi connectivity index (χ4v) is 5.71. The molecule has 12 heteroatoms. The van der Waals surface area contributed by atoms with Crippen LogP contribution >= 0.6 is 0 Å². The van der Waals surface area contributed by atoms with Gasteiger partial charge in [0.05, 0.1) is 36.0 Å². The number of nitrogens with two attached hydrogens (primary N) is 2. The van der Waals surface area contributed by atoms with Gasteiger partial charge in [0.15, 0.2) is 0 Å². The average molecular weight is 503 g/mol. The minimum atomic E-state index is -0.0965. The van der Waals surface area contributed by atoms with E-state index in [9.17, 15) is 4.79 Å². The summed E-state index contributed by atoms with van der Waals surface area (Å²) in [6, 6.07) is 14.2. The number of nitrogens with zero attached hydrogens (tertiary/aromatic N) is 8. The molecule has 3 atom stereocenters. The quantitative estimate of drug-likeness (QED) is 0.221. The Morgan fingerprint density at radius 1 is 1.19 bits per heavy atom. The van der Waals surface area contributed by atoms with Gasteiger partial charge in [0, 0.05) is 26.2 Å². The van der Waals surface area contributed by atoms with Crippen LogP contribution in [0.2, 0.25) is 0 Å². The van der Waals surface area contributed by atoms with Gasteiger partial charge in [0.25, 0.3) is 0 Å². The third-order valence-electron chi connectivity index (χ3n) is 7.65. The highest BCUT2D eigenvalue weighted by molar-refractivity contribution is 5.85. The van der Waals surface area contributed by atoms with E-state index < -0.39 is 0 Å². The zero-order valence-electron chi connectivity index (χ0n) is 20.4. The SMILES string of the molecule is N/N=C\N(N)c1cccc(C2CN3CCN(C(=O)C4CCc5cc(-n6cnnn6)ccc54)CC3CO2)c1. The van der Waals surface area contributed by atoms with Crippen molar-refractivity contribution >= 4 is 17.9 Å². The summed E-state index contributed by atoms with van der Waals surface area (Å²) >= 11 is 0. The lowest BCUT2D eigenvalue weighted by atomic mass is 9.97. The molecule has 0 radical (unpaired) electrons. The molecule has 2 fully saturated rings. The van der Waals surface area contributed by atoms with Crippen LogP contribution in [0.3, 0.4) is 0 Å². The summed E-state index contributed by atoms with van der Waals surface area (Å²) < 4.78 is 7.91. The van der Waals surface area contributed by atoms with Crippen LogP contribution in [0.15, 0.2) is 53.9 Å². The van der Waals surface area contributed by atoms with Gasteiger partial charge < -0.3 is 15.5 Å². The highest BCUT2D eigenvalue weighted by Crippen LogP contribution is 2.36. The Labute approximate surface area is 214 Å². The standard InChI is InChI=1S/C25H30N10O2/c26-28-15-34(27)19-3-1-2-18(11-19)24-13-32-8-9-33(12-21(32)14-37-24)25(36)23-6-4-17-10-20(5-7-22(17)23)35-16-29-30-31-35/h1-3,5,7,10-11,15-16,21,23-24H,4,6,8-9,12-14,26-27H2/b28-15-. The number of amides is 1. The maximum absolute atomic E-state index is 13.6. The maximum atomic E-state index is 13.6. The highest BCUT2D eigenvalue weighted by atomic mass is 16.5. The number of hydrogen-bond acceptors (Lipinski definition) is 9. The normalized spacial score (nSPS) is 23.7. The number of tetrazole rings is 1. The van der Waals surface area contributed by atoms with Gasteiger partial charge >= 0.3 is 0 Å². The lowest BCUT2D eigenvalue weighted by molar-refractivity contribution is -0.141. The molecule has 1 amide bonds. The van der Waals surface area contributed by atoms with Crippen LogP contribution in [0, 0.1) is 0 Å². The van der Waals surface area contributed by atoms with E-state index in [1.54, 1.807) is 11.0 Å². The minimum Gasteiger partial charge on any atom is -0.370 e. The third kappa shape index (κ3) is 4.54. The van der Waals surface area contributed by atoms with Crippen molar-refractivity contribution in [3.63, 3.8) is 0 Å². The van der Waals surface area contributed by atoms with E-state index in [4.69, 9.17) is 16.4 Å². The van der Waals surface area contributed by atoms with Crippen molar-refractivity contribution in [3.8, 4) is 5.69 Å². The number of hydrazine groups is 1. The van der Waals surface area contributed by atoms with E-state index >= 15 is 0 Å². The predicted molar refractivity (Wildman–Crippen MR) is 137 cm³/mol. The van der Waals surface area contributed by atoms with E-state index in [-0.39, 0.29) is 24.0 Å². The fraction of sp³-hybridized carbons (Fsp3) is 0.400. The van der Waals surface area contributed by atoms with Crippen molar-refractivity contribution in [2.24, 2.45) is 16.8 Å². The average Bonchev–Trinajstić information content (AvgIpc) is 3.62. The van der Waals surface area contributed by atoms with Gasteiger partial charge in [-0.15, -0.1) is 5.10 Å². The molecule has 4 N–H and O–H groups in total. The summed E-state index contributed by atoms with van der Waals surface area (Å²) in [4.78, 5) is 18.0. The fourth-order valence-electron chi connectivity index (χ4n) is 5.71. The van der Waals surface area contributed by atoms with E-state index in [1.165, 1.54) is 16.9 Å². The number of hydrazone groups is 1. The van der Waals surface area contributed by atoms with Crippen LogP contribution in [-0.4, -0.2) is 81.1 Å². The summed E-state index contributed by atoms with van der Waals surface area (Å²) in [5.41, 5.74) is 5.08. The molecule has 2 aliphatic heterocycles. The summed E-state index contributed by atoms with van der Waals surface area (Å²) in [6.45, 7) is 3.59. The van der Waals surface area contributed by atoms with Crippen LogP contribution in [-0.2, 0) is 16.0 Å². The number of carbonyl (C=O) groups excluding carboxylic acids is 1. The smallest absolute Gasteiger partial charge is 0.230 e. The number of piperazine rings is 1. The van der Waals surface area contributed by atoms with Crippen molar-refractivity contribution < 1.29 is 9.53 Å². The first-order chi connectivity index (χ1) is 18.1. The Morgan fingerprint density at radius 2 is 2.11 bits per heavy atom. The number of aromatic nitrogens is 4. The molecule has 2 saturated heterocycles. The molecule has 3 unspecified atom stereocenters. The number of morpholine rings is 1. The lowest BCUT2D eigenvalue weighted by Gasteiger charge is -2.46. The van der Waals surface area contributed by atoms with Crippen LogP contribution in [0.4, 0.5) is 5.69 Å². The Hall–Kier alpha value is -3.87. The molecule has 0 saturated carbocycles. The molecule has 6 rings (SSSR count). The summed E-state index contributed by atoms with van der Waals surface area (Å²) in [6.07, 6.45) is 4.60. The van der Waals surface area contributed by atoms with Gasteiger partial charge in [-0.2, -0.15) is 5.10 Å². The number of benzene rings is 2. The number of anilines is 1. The van der Waals surface area contributed by atoms with Crippen molar-refractivity contribution in [1.29, 1.82) is 0 Å². The molecule has 37 heavy (non-hydrogen) atoms. The van der Waals surface area contributed by atoms with E-state index in [2.05, 4.69) is 37.7 Å². The number of rotatable bonds is 5. The molecule has 1 aliphatic carbocycles. The van der Waals surface area contributed by atoms with Gasteiger partial charge in [0.1, 0.15) is 12.7 Å². The second kappa shape index (κ2) is 9.88. The van der Waals surface area contributed by atoms with Crippen molar-refractivity contribution in [1.82, 2.24) is 30.0 Å². The van der Waals surface area contributed by atoms with Gasteiger partial charge in [0.2, 0.25) is 5.91 Å². The van der Waals surface area contributed by atoms with E-state index in [0.717, 1.165) is 55.0 Å². The molecule has 1 aromatic heterocycles. The van der Waals surface area contributed by atoms with Gasteiger partial charge in [-0.1, -0.05) is 18.2 Å². The molecule has 3 heterocycles. The van der Waals surface area contributed by atoms with Crippen molar-refractivity contribution in [2.75, 3.05) is 37.8 Å². The molecule has 0 spiro atoms. The van der Waals surface area contributed by atoms with Crippen molar-refractivity contribution in [3.05, 3.63) is 65.5 Å². The number of ether oxygens (including phenoxy) is 1. The monoisotopic (exact) mass is 502 g/mol. The highest BCUT2D eigenvalue weighted by Gasteiger charge is 2.39. The lowest BCUT2D eigenvalue weighted by Crippen LogP contribution is -2.60. The number of fused-ring (bicyclic) bond motifs is 2. The number of carbonyl (C=O) groups is 1. The molecule has 12 nitrogen and oxygen atoms in total. The largest absolute Gasteiger partial charge is 0.370 e. The zero-order valence-corrected chi connectivity index (χ0v) is 20.4. The zero-order chi connectivity index (χ0) is 25.4. The predicted octanol–water partition coefficient (Wildman–Crippen LogP) is 0.559. The first-order valence-electron chi connectivity index (χ1n) is 12.5. The topological polar surface area (TPSA) is 144 Å². The molecule has 2 aromatic carbocycles. The van der Waals surface area contributed by atoms with Crippen molar-refractivity contribution in [2.45, 2.75) is 30.9 Å². The number of aryl methyl sites for hydroxylation is 1. The second-order valence-electron chi connectivity index (χ2n) is 9.75.